The highest BCUT2D eigenvalue weighted by atomic mass is 16.2. The third-order valence-corrected chi connectivity index (χ3v) is 4.01. The van der Waals surface area contributed by atoms with Gasteiger partial charge < -0.3 is 5.32 Å². The van der Waals surface area contributed by atoms with Crippen LogP contribution in [0.5, 0.6) is 0 Å². The predicted octanol–water partition coefficient (Wildman–Crippen LogP) is 2.45. The van der Waals surface area contributed by atoms with Crippen LogP contribution in [-0.2, 0) is 11.8 Å². The van der Waals surface area contributed by atoms with Crippen molar-refractivity contribution in [3.8, 4) is 6.07 Å². The van der Waals surface area contributed by atoms with Gasteiger partial charge in [0, 0.05) is 19.2 Å². The van der Waals surface area contributed by atoms with Crippen LogP contribution in [0.2, 0.25) is 0 Å². The van der Waals surface area contributed by atoms with Crippen LogP contribution in [0, 0.1) is 22.7 Å². The van der Waals surface area contributed by atoms with Gasteiger partial charge in [0.05, 0.1) is 0 Å². The molecule has 0 aliphatic heterocycles. The van der Waals surface area contributed by atoms with Crippen LogP contribution in [0.4, 0.5) is 5.82 Å². The van der Waals surface area contributed by atoms with Crippen molar-refractivity contribution >= 4 is 11.7 Å². The van der Waals surface area contributed by atoms with Gasteiger partial charge in [-0.3, -0.25) is 9.48 Å². The molecule has 0 aromatic carbocycles. The zero-order chi connectivity index (χ0) is 14.0. The van der Waals surface area contributed by atoms with E-state index in [4.69, 9.17) is 5.26 Å². The van der Waals surface area contributed by atoms with Gasteiger partial charge in [-0.2, -0.15) is 10.4 Å². The normalized spacial score (nSPS) is 21.7. The fraction of sp³-hybridized carbons (Fsp3) is 0.643. The minimum absolute atomic E-state index is 0.00482. The van der Waals surface area contributed by atoms with E-state index in [0.717, 1.165) is 19.3 Å². The van der Waals surface area contributed by atoms with E-state index in [0.29, 0.717) is 11.4 Å². The Hall–Kier alpha value is -1.83. The summed E-state index contributed by atoms with van der Waals surface area (Å²) in [6.45, 7) is 4.28. The number of carbonyl (C=O) groups excluding carboxylic acids is 1. The van der Waals surface area contributed by atoms with E-state index in [1.807, 2.05) is 6.07 Å². The molecule has 5 heteroatoms. The van der Waals surface area contributed by atoms with E-state index >= 15 is 0 Å². The fourth-order valence-electron chi connectivity index (χ4n) is 2.85. The molecule has 0 radical (unpaired) electrons. The highest BCUT2D eigenvalue weighted by Gasteiger charge is 2.37. The van der Waals surface area contributed by atoms with Gasteiger partial charge in [0.1, 0.15) is 11.6 Å². The van der Waals surface area contributed by atoms with Crippen LogP contribution in [0.3, 0.4) is 0 Å². The molecule has 1 fully saturated rings. The number of aryl methyl sites for hydroxylation is 1. The van der Waals surface area contributed by atoms with Crippen LogP contribution in [0.25, 0.3) is 0 Å². The molecular formula is C14H20N4O. The van der Waals surface area contributed by atoms with Gasteiger partial charge >= 0.3 is 0 Å². The lowest BCUT2D eigenvalue weighted by molar-refractivity contribution is -0.124. The molecule has 1 amide bonds. The SMILES string of the molecule is Cn1cc(C#N)c(NC(=O)C2CCCCC2(C)C)n1. The molecule has 1 atom stereocenters. The lowest BCUT2D eigenvalue weighted by atomic mass is 9.68. The second-order valence-corrected chi connectivity index (χ2v) is 5.95. The first-order valence-electron chi connectivity index (χ1n) is 6.68. The lowest BCUT2D eigenvalue weighted by Gasteiger charge is -2.37. The van der Waals surface area contributed by atoms with Crippen LogP contribution in [0.15, 0.2) is 6.20 Å². The number of hydrogen-bond acceptors (Lipinski definition) is 3. The summed E-state index contributed by atoms with van der Waals surface area (Å²) in [6.07, 6.45) is 5.87. The van der Waals surface area contributed by atoms with Crippen molar-refractivity contribution in [1.29, 1.82) is 5.26 Å². The average Bonchev–Trinajstić information content (AvgIpc) is 2.68. The van der Waals surface area contributed by atoms with Gasteiger partial charge in [-0.25, -0.2) is 0 Å². The summed E-state index contributed by atoms with van der Waals surface area (Å²) in [7, 11) is 1.74. The second-order valence-electron chi connectivity index (χ2n) is 5.95. The molecule has 1 unspecified atom stereocenters. The summed E-state index contributed by atoms with van der Waals surface area (Å²) in [5.41, 5.74) is 0.425. The van der Waals surface area contributed by atoms with Crippen molar-refractivity contribution in [2.75, 3.05) is 5.32 Å². The first-order chi connectivity index (χ1) is 8.94. The molecule has 2 rings (SSSR count). The van der Waals surface area contributed by atoms with Crippen LogP contribution in [-0.4, -0.2) is 15.7 Å². The van der Waals surface area contributed by atoms with E-state index in [9.17, 15) is 4.79 Å². The number of carbonyl (C=O) groups is 1. The molecule has 1 aliphatic carbocycles. The largest absolute Gasteiger partial charge is 0.308 e. The topological polar surface area (TPSA) is 70.7 Å². The Labute approximate surface area is 113 Å². The van der Waals surface area contributed by atoms with Gasteiger partial charge in [-0.1, -0.05) is 26.7 Å². The molecular weight excluding hydrogens is 240 g/mol. The highest BCUT2D eigenvalue weighted by Crippen LogP contribution is 2.41. The van der Waals surface area contributed by atoms with Gasteiger partial charge in [-0.05, 0) is 18.3 Å². The minimum Gasteiger partial charge on any atom is -0.308 e. The number of aromatic nitrogens is 2. The van der Waals surface area contributed by atoms with Crippen LogP contribution < -0.4 is 5.32 Å². The first-order valence-corrected chi connectivity index (χ1v) is 6.68. The van der Waals surface area contributed by atoms with E-state index in [1.54, 1.807) is 17.9 Å². The Morgan fingerprint density at radius 1 is 1.58 bits per heavy atom. The minimum atomic E-state index is -0.0140. The van der Waals surface area contributed by atoms with E-state index < -0.39 is 0 Å². The Morgan fingerprint density at radius 3 is 2.95 bits per heavy atom. The first kappa shape index (κ1) is 13.6. The van der Waals surface area contributed by atoms with Crippen molar-refractivity contribution < 1.29 is 4.79 Å². The summed E-state index contributed by atoms with van der Waals surface area (Å²) in [5.74, 6) is 0.353. The molecule has 102 valence electrons. The Morgan fingerprint density at radius 2 is 2.32 bits per heavy atom. The zero-order valence-electron chi connectivity index (χ0n) is 11.7. The molecule has 1 aromatic rings. The summed E-state index contributed by atoms with van der Waals surface area (Å²) >= 11 is 0. The van der Waals surface area contributed by atoms with Crippen molar-refractivity contribution in [2.24, 2.45) is 18.4 Å². The molecule has 0 saturated heterocycles. The standard InChI is InChI=1S/C14H20N4O/c1-14(2)7-5-4-6-11(14)13(19)16-12-10(8-15)9-18(3)17-12/h9,11H,4-7H2,1-3H3,(H,16,17,19). The molecule has 1 N–H and O–H groups in total. The Bertz CT molecular complexity index is 524. The number of anilines is 1. The summed E-state index contributed by atoms with van der Waals surface area (Å²) in [4.78, 5) is 12.4. The summed E-state index contributed by atoms with van der Waals surface area (Å²) < 4.78 is 1.54. The smallest absolute Gasteiger partial charge is 0.229 e. The van der Waals surface area contributed by atoms with E-state index in [-0.39, 0.29) is 17.2 Å². The number of rotatable bonds is 2. The number of nitrogens with zero attached hydrogens (tertiary/aromatic N) is 3. The van der Waals surface area contributed by atoms with Crippen LogP contribution in [0.1, 0.15) is 45.1 Å². The van der Waals surface area contributed by atoms with Gasteiger partial charge in [0.15, 0.2) is 5.82 Å². The van der Waals surface area contributed by atoms with Crippen molar-refractivity contribution in [3.63, 3.8) is 0 Å². The molecule has 0 spiro atoms. The van der Waals surface area contributed by atoms with Crippen molar-refractivity contribution in [1.82, 2.24) is 9.78 Å². The molecule has 1 heterocycles. The number of nitriles is 1. The second kappa shape index (κ2) is 5.04. The van der Waals surface area contributed by atoms with Gasteiger partial charge in [0.25, 0.3) is 0 Å². The molecule has 5 nitrogen and oxygen atoms in total. The monoisotopic (exact) mass is 260 g/mol. The number of hydrogen-bond donors (Lipinski definition) is 1. The third-order valence-electron chi connectivity index (χ3n) is 4.01. The molecule has 1 saturated carbocycles. The Kier molecular flexibility index (Phi) is 3.61. The maximum atomic E-state index is 12.4. The maximum absolute atomic E-state index is 12.4. The van der Waals surface area contributed by atoms with Gasteiger partial charge in [0.2, 0.25) is 5.91 Å². The average molecular weight is 260 g/mol. The summed E-state index contributed by atoms with van der Waals surface area (Å²) in [5, 5.41) is 15.9. The van der Waals surface area contributed by atoms with E-state index in [1.165, 1.54) is 6.42 Å². The molecule has 1 aliphatic rings. The number of nitrogens with one attached hydrogen (secondary N) is 1. The fourth-order valence-corrected chi connectivity index (χ4v) is 2.85. The maximum Gasteiger partial charge on any atom is 0.229 e. The Balaban J connectivity index is 2.14. The van der Waals surface area contributed by atoms with Gasteiger partial charge in [-0.15, -0.1) is 0 Å². The molecule has 0 bridgehead atoms. The van der Waals surface area contributed by atoms with Crippen LogP contribution >= 0.6 is 0 Å². The quantitative estimate of drug-likeness (QED) is 0.887. The molecule has 19 heavy (non-hydrogen) atoms. The highest BCUT2D eigenvalue weighted by molar-refractivity contribution is 5.93. The predicted molar refractivity (Wildman–Crippen MR) is 72.3 cm³/mol. The molecule has 1 aromatic heterocycles. The summed E-state index contributed by atoms with van der Waals surface area (Å²) in [6, 6.07) is 2.05. The number of amides is 1. The van der Waals surface area contributed by atoms with Crippen molar-refractivity contribution in [2.45, 2.75) is 39.5 Å². The zero-order valence-corrected chi connectivity index (χ0v) is 11.7. The van der Waals surface area contributed by atoms with E-state index in [2.05, 4.69) is 24.3 Å². The third kappa shape index (κ3) is 2.78. The lowest BCUT2D eigenvalue weighted by Crippen LogP contribution is -2.37. The van der Waals surface area contributed by atoms with Crippen molar-refractivity contribution in [3.05, 3.63) is 11.8 Å².